The van der Waals surface area contributed by atoms with Crippen LogP contribution in [0, 0.1) is 6.92 Å². The molecule has 0 atom stereocenters. The molecule has 36 heavy (non-hydrogen) atoms. The summed E-state index contributed by atoms with van der Waals surface area (Å²) in [5.41, 5.74) is 16.5. The molecular formula is C35H29N. The minimum absolute atomic E-state index is 0.964. The number of benzene rings is 4. The van der Waals surface area contributed by atoms with Crippen molar-refractivity contribution in [3.63, 3.8) is 0 Å². The summed E-state index contributed by atoms with van der Waals surface area (Å²) in [6, 6.07) is 31.4. The number of fused-ring (bicyclic) bond motifs is 6. The highest BCUT2D eigenvalue weighted by atomic mass is 15.0. The fourth-order valence-corrected chi connectivity index (χ4v) is 6.25. The Balaban J connectivity index is 1.36. The summed E-state index contributed by atoms with van der Waals surface area (Å²) < 4.78 is 2.47. The van der Waals surface area contributed by atoms with Gasteiger partial charge in [-0.25, -0.2) is 0 Å². The first-order valence-electron chi connectivity index (χ1n) is 13.0. The van der Waals surface area contributed by atoms with Crippen LogP contribution < -0.4 is 0 Å². The van der Waals surface area contributed by atoms with Gasteiger partial charge in [-0.05, 0) is 94.1 Å². The Morgan fingerprint density at radius 1 is 0.750 bits per heavy atom. The Morgan fingerprint density at radius 2 is 1.56 bits per heavy atom. The zero-order valence-corrected chi connectivity index (χ0v) is 20.9. The van der Waals surface area contributed by atoms with E-state index in [9.17, 15) is 0 Å². The van der Waals surface area contributed by atoms with Crippen molar-refractivity contribution in [2.24, 2.45) is 0 Å². The predicted molar refractivity (Wildman–Crippen MR) is 153 cm³/mol. The van der Waals surface area contributed by atoms with Crippen LogP contribution in [-0.2, 0) is 19.4 Å². The smallest absolute Gasteiger partial charge is 0.0488 e. The summed E-state index contributed by atoms with van der Waals surface area (Å²) in [6.45, 7) is 5.42. The first-order chi connectivity index (χ1) is 17.7. The highest BCUT2D eigenvalue weighted by Gasteiger charge is 2.23. The van der Waals surface area contributed by atoms with Gasteiger partial charge in [-0.2, -0.15) is 0 Å². The summed E-state index contributed by atoms with van der Waals surface area (Å²) in [6.07, 6.45) is 8.96. The lowest BCUT2D eigenvalue weighted by atomic mass is 9.91. The predicted octanol–water partition coefficient (Wildman–Crippen LogP) is 8.86. The highest BCUT2D eigenvalue weighted by molar-refractivity contribution is 5.95. The summed E-state index contributed by atoms with van der Waals surface area (Å²) in [7, 11) is 0. The Bertz CT molecular complexity index is 1720. The lowest BCUT2D eigenvalue weighted by Gasteiger charge is -2.13. The van der Waals surface area contributed by atoms with Gasteiger partial charge in [-0.1, -0.05) is 84.9 Å². The van der Waals surface area contributed by atoms with Gasteiger partial charge in [-0.3, -0.25) is 0 Å². The van der Waals surface area contributed by atoms with Gasteiger partial charge in [0, 0.05) is 29.6 Å². The van der Waals surface area contributed by atoms with Gasteiger partial charge >= 0.3 is 0 Å². The van der Waals surface area contributed by atoms with Crippen LogP contribution in [0.1, 0.15) is 40.4 Å². The second-order valence-corrected chi connectivity index (χ2v) is 10.1. The van der Waals surface area contributed by atoms with Crippen LogP contribution in [-0.4, -0.2) is 4.57 Å². The van der Waals surface area contributed by atoms with Gasteiger partial charge in [0.2, 0.25) is 0 Å². The Hall–Kier alpha value is -4.10. The third-order valence-electron chi connectivity index (χ3n) is 8.06. The number of hydrogen-bond acceptors (Lipinski definition) is 0. The molecule has 0 unspecified atom stereocenters. The van der Waals surface area contributed by atoms with Crippen molar-refractivity contribution >= 4 is 23.1 Å². The molecule has 0 N–H and O–H groups in total. The average molecular weight is 464 g/mol. The largest absolute Gasteiger partial charge is 0.341 e. The molecule has 1 nitrogen and oxygen atoms in total. The van der Waals surface area contributed by atoms with Gasteiger partial charge in [-0.15, -0.1) is 0 Å². The second kappa shape index (κ2) is 8.24. The van der Waals surface area contributed by atoms with E-state index in [1.807, 2.05) is 0 Å². The minimum atomic E-state index is 0.964. The fraction of sp³-hybridized carbons (Fsp3) is 0.143. The topological polar surface area (TPSA) is 4.93 Å². The average Bonchev–Trinajstić information content (AvgIpc) is 3.45. The van der Waals surface area contributed by atoms with Gasteiger partial charge < -0.3 is 4.57 Å². The molecule has 0 radical (unpaired) electrons. The Kier molecular flexibility index (Phi) is 4.85. The highest BCUT2D eigenvalue weighted by Crippen LogP contribution is 2.43. The van der Waals surface area contributed by atoms with Gasteiger partial charge in [0.05, 0.1) is 0 Å². The lowest BCUT2D eigenvalue weighted by molar-refractivity contribution is 0.783. The molecule has 1 heteroatoms. The molecule has 1 aromatic heterocycles. The summed E-state index contributed by atoms with van der Waals surface area (Å²) in [4.78, 5) is 0. The van der Waals surface area contributed by atoms with Crippen molar-refractivity contribution in [2.75, 3.05) is 0 Å². The molecule has 0 aliphatic heterocycles. The van der Waals surface area contributed by atoms with Crippen molar-refractivity contribution in [1.29, 1.82) is 0 Å². The molecule has 1 heterocycles. The van der Waals surface area contributed by atoms with Crippen LogP contribution in [0.3, 0.4) is 0 Å². The zero-order valence-electron chi connectivity index (χ0n) is 20.9. The first kappa shape index (κ1) is 21.2. The van der Waals surface area contributed by atoms with Crippen molar-refractivity contribution in [2.45, 2.75) is 33.2 Å². The monoisotopic (exact) mass is 463 g/mol. The minimum Gasteiger partial charge on any atom is -0.341 e. The molecule has 5 aromatic rings. The van der Waals surface area contributed by atoms with E-state index >= 15 is 0 Å². The molecule has 2 aliphatic rings. The Morgan fingerprint density at radius 3 is 2.44 bits per heavy atom. The zero-order chi connectivity index (χ0) is 24.2. The van der Waals surface area contributed by atoms with Crippen LogP contribution in [0.25, 0.3) is 45.3 Å². The van der Waals surface area contributed by atoms with Gasteiger partial charge in [0.1, 0.15) is 0 Å². The molecule has 0 saturated carbocycles. The number of aryl methyl sites for hydroxylation is 2. The van der Waals surface area contributed by atoms with Crippen LogP contribution in [0.2, 0.25) is 0 Å². The van der Waals surface area contributed by atoms with Crippen LogP contribution in [0.15, 0.2) is 96.6 Å². The van der Waals surface area contributed by atoms with E-state index in [0.29, 0.717) is 0 Å². The van der Waals surface area contributed by atoms with E-state index in [-0.39, 0.29) is 0 Å². The molecule has 0 saturated heterocycles. The molecule has 0 fully saturated rings. The molecule has 4 aromatic carbocycles. The molecule has 0 spiro atoms. The standard InChI is InChI=1S/C35H29N/c1-3-36-34-17-15-24(19-25-10-5-4-9-23(25)2)20-32(34)33-22-27(16-18-35(33)36)29-13-8-14-30-28-12-7-6-11-26(28)21-31(29)30/h4-19,22H,3,20-21H2,1-2H3. The second-order valence-electron chi connectivity index (χ2n) is 10.1. The molecule has 0 bridgehead atoms. The maximum absolute atomic E-state index is 2.47. The normalized spacial score (nSPS) is 14.8. The van der Waals surface area contributed by atoms with E-state index < -0.39 is 0 Å². The molecular weight excluding hydrogens is 434 g/mol. The van der Waals surface area contributed by atoms with E-state index in [1.165, 1.54) is 72.2 Å². The van der Waals surface area contributed by atoms with E-state index in [1.54, 1.807) is 0 Å². The Labute approximate surface area is 213 Å². The number of aromatic nitrogens is 1. The third kappa shape index (κ3) is 3.23. The molecule has 174 valence electrons. The maximum Gasteiger partial charge on any atom is 0.0488 e. The summed E-state index contributed by atoms with van der Waals surface area (Å²) in [5, 5.41) is 1.39. The van der Waals surface area contributed by atoms with E-state index in [0.717, 1.165) is 19.4 Å². The van der Waals surface area contributed by atoms with Crippen molar-refractivity contribution < 1.29 is 0 Å². The molecule has 2 aliphatic carbocycles. The van der Waals surface area contributed by atoms with Crippen molar-refractivity contribution in [3.05, 3.63) is 130 Å². The number of rotatable bonds is 3. The van der Waals surface area contributed by atoms with E-state index in [2.05, 4.69) is 122 Å². The SMILES string of the molecule is CCn1c2c(c3cc(-c4cccc5c4Cc4ccccc4-5)ccc31)CC(=Cc1ccccc1C)C=C2. The van der Waals surface area contributed by atoms with Crippen molar-refractivity contribution in [1.82, 2.24) is 4.57 Å². The van der Waals surface area contributed by atoms with E-state index in [4.69, 9.17) is 0 Å². The van der Waals surface area contributed by atoms with Crippen LogP contribution in [0.5, 0.6) is 0 Å². The molecule has 7 rings (SSSR count). The van der Waals surface area contributed by atoms with Gasteiger partial charge in [0.25, 0.3) is 0 Å². The lowest BCUT2D eigenvalue weighted by Crippen LogP contribution is -2.01. The third-order valence-corrected chi connectivity index (χ3v) is 8.06. The number of nitrogens with zero attached hydrogens (tertiary/aromatic N) is 1. The first-order valence-corrected chi connectivity index (χ1v) is 13.0. The van der Waals surface area contributed by atoms with Crippen LogP contribution in [0.4, 0.5) is 0 Å². The van der Waals surface area contributed by atoms with Crippen molar-refractivity contribution in [3.8, 4) is 22.3 Å². The fourth-order valence-electron chi connectivity index (χ4n) is 6.25. The van der Waals surface area contributed by atoms with Gasteiger partial charge in [0.15, 0.2) is 0 Å². The molecule has 0 amide bonds. The summed E-state index contributed by atoms with van der Waals surface area (Å²) >= 11 is 0. The van der Waals surface area contributed by atoms with Crippen LogP contribution >= 0.6 is 0 Å². The maximum atomic E-state index is 2.47. The summed E-state index contributed by atoms with van der Waals surface area (Å²) in [5.74, 6) is 0. The number of hydrogen-bond donors (Lipinski definition) is 0. The quantitative estimate of drug-likeness (QED) is 0.247. The number of allylic oxidation sites excluding steroid dienone is 2.